The Morgan fingerprint density at radius 2 is 2.18 bits per heavy atom. The molecule has 0 fully saturated rings. The molecule has 0 saturated heterocycles. The van der Waals surface area contributed by atoms with Crippen molar-refractivity contribution >= 4 is 5.97 Å². The van der Waals surface area contributed by atoms with Crippen LogP contribution < -0.4 is 0 Å². The van der Waals surface area contributed by atoms with E-state index >= 15 is 0 Å². The molecule has 1 aromatic rings. The molecule has 0 spiro atoms. The Kier molecular flexibility index (Phi) is 4.68. The van der Waals surface area contributed by atoms with Crippen LogP contribution in [-0.2, 0) is 6.54 Å². The van der Waals surface area contributed by atoms with Crippen molar-refractivity contribution in [3.05, 3.63) is 35.4 Å². The van der Waals surface area contributed by atoms with Crippen LogP contribution in [0.25, 0.3) is 0 Å². The lowest BCUT2D eigenvalue weighted by atomic mass is 10.1. The molecule has 1 N–H and O–H groups in total. The number of hydrogen-bond acceptors (Lipinski definition) is 3. The molecule has 17 heavy (non-hydrogen) atoms. The quantitative estimate of drug-likeness (QED) is 0.844. The molecular formula is C13H16N2O2. The summed E-state index contributed by atoms with van der Waals surface area (Å²) in [6, 6.07) is 9.17. The first-order chi connectivity index (χ1) is 8.06. The predicted octanol–water partition coefficient (Wildman–Crippen LogP) is 2.12. The lowest BCUT2D eigenvalue weighted by molar-refractivity contribution is 0.0694. The Morgan fingerprint density at radius 3 is 2.76 bits per heavy atom. The highest BCUT2D eigenvalue weighted by atomic mass is 16.4. The van der Waals surface area contributed by atoms with Crippen LogP contribution in [0.15, 0.2) is 24.3 Å². The summed E-state index contributed by atoms with van der Waals surface area (Å²) in [6.07, 6.45) is 0.436. The molecule has 4 heteroatoms. The first-order valence-corrected chi connectivity index (χ1v) is 5.44. The minimum atomic E-state index is -0.915. The van der Waals surface area contributed by atoms with E-state index < -0.39 is 5.97 Å². The van der Waals surface area contributed by atoms with Crippen LogP contribution >= 0.6 is 0 Å². The van der Waals surface area contributed by atoms with E-state index in [0.29, 0.717) is 18.5 Å². The monoisotopic (exact) mass is 232 g/mol. The van der Waals surface area contributed by atoms with Crippen LogP contribution in [0.5, 0.6) is 0 Å². The maximum Gasteiger partial charge on any atom is 0.336 e. The Hall–Kier alpha value is -1.86. The first-order valence-electron chi connectivity index (χ1n) is 5.44. The summed E-state index contributed by atoms with van der Waals surface area (Å²) >= 11 is 0. The maximum absolute atomic E-state index is 11.0. The van der Waals surface area contributed by atoms with Gasteiger partial charge in [-0.15, -0.1) is 0 Å². The molecule has 0 radical (unpaired) electrons. The number of hydrogen-bond donors (Lipinski definition) is 1. The van der Waals surface area contributed by atoms with E-state index in [9.17, 15) is 4.79 Å². The average Bonchev–Trinajstić information content (AvgIpc) is 2.29. The number of carboxylic acids is 1. The summed E-state index contributed by atoms with van der Waals surface area (Å²) in [7, 11) is 1.89. The van der Waals surface area contributed by atoms with Crippen LogP contribution in [0.2, 0.25) is 0 Å². The van der Waals surface area contributed by atoms with Crippen molar-refractivity contribution in [3.63, 3.8) is 0 Å². The molecule has 1 unspecified atom stereocenters. The van der Waals surface area contributed by atoms with Crippen molar-refractivity contribution in [3.8, 4) is 6.07 Å². The Bertz CT molecular complexity index is 437. The molecule has 0 bridgehead atoms. The third-order valence-corrected chi connectivity index (χ3v) is 2.81. The molecule has 0 amide bonds. The van der Waals surface area contributed by atoms with Gasteiger partial charge in [0.2, 0.25) is 0 Å². The van der Waals surface area contributed by atoms with E-state index in [2.05, 4.69) is 6.07 Å². The fraction of sp³-hybridized carbons (Fsp3) is 0.385. The van der Waals surface area contributed by atoms with Crippen molar-refractivity contribution in [2.24, 2.45) is 0 Å². The zero-order valence-electron chi connectivity index (χ0n) is 10.1. The lowest BCUT2D eigenvalue weighted by Crippen LogP contribution is -2.28. The minimum absolute atomic E-state index is 0.113. The van der Waals surface area contributed by atoms with Gasteiger partial charge in [-0.2, -0.15) is 5.26 Å². The molecule has 0 aliphatic rings. The zero-order valence-corrected chi connectivity index (χ0v) is 10.1. The summed E-state index contributed by atoms with van der Waals surface area (Å²) in [4.78, 5) is 13.0. The highest BCUT2D eigenvalue weighted by molar-refractivity contribution is 5.89. The van der Waals surface area contributed by atoms with Crippen LogP contribution in [0, 0.1) is 11.3 Å². The molecule has 4 nitrogen and oxygen atoms in total. The van der Waals surface area contributed by atoms with Gasteiger partial charge in [0.05, 0.1) is 18.1 Å². The number of nitrogens with zero attached hydrogens (tertiary/aromatic N) is 2. The fourth-order valence-corrected chi connectivity index (χ4v) is 1.58. The van der Waals surface area contributed by atoms with Gasteiger partial charge in [0.25, 0.3) is 0 Å². The Labute approximate surface area is 101 Å². The Morgan fingerprint density at radius 1 is 1.53 bits per heavy atom. The second-order valence-corrected chi connectivity index (χ2v) is 4.09. The van der Waals surface area contributed by atoms with Gasteiger partial charge in [-0.25, -0.2) is 4.79 Å². The van der Waals surface area contributed by atoms with E-state index in [1.165, 1.54) is 0 Å². The molecule has 0 aromatic heterocycles. The van der Waals surface area contributed by atoms with Gasteiger partial charge in [0.1, 0.15) is 0 Å². The number of carbonyl (C=O) groups is 1. The fourth-order valence-electron chi connectivity index (χ4n) is 1.58. The highest BCUT2D eigenvalue weighted by Crippen LogP contribution is 2.13. The van der Waals surface area contributed by atoms with Crippen molar-refractivity contribution in [1.82, 2.24) is 4.90 Å². The summed E-state index contributed by atoms with van der Waals surface area (Å²) in [5, 5.41) is 17.7. The average molecular weight is 232 g/mol. The molecule has 90 valence electrons. The summed E-state index contributed by atoms with van der Waals surface area (Å²) in [5.41, 5.74) is 1.09. The molecular weight excluding hydrogens is 216 g/mol. The minimum Gasteiger partial charge on any atom is -0.478 e. The van der Waals surface area contributed by atoms with Crippen LogP contribution in [0.1, 0.15) is 29.3 Å². The van der Waals surface area contributed by atoms with Crippen molar-refractivity contribution in [2.45, 2.75) is 25.9 Å². The highest BCUT2D eigenvalue weighted by Gasteiger charge is 2.14. The van der Waals surface area contributed by atoms with Crippen molar-refractivity contribution in [1.29, 1.82) is 5.26 Å². The first kappa shape index (κ1) is 13.2. The van der Waals surface area contributed by atoms with Crippen LogP contribution in [0.3, 0.4) is 0 Å². The van der Waals surface area contributed by atoms with Crippen LogP contribution in [-0.4, -0.2) is 29.1 Å². The van der Waals surface area contributed by atoms with Crippen molar-refractivity contribution in [2.75, 3.05) is 7.05 Å². The number of benzene rings is 1. The molecule has 1 rings (SSSR count). The number of rotatable bonds is 5. The molecule has 1 aromatic carbocycles. The lowest BCUT2D eigenvalue weighted by Gasteiger charge is -2.23. The maximum atomic E-state index is 11.0. The number of nitriles is 1. The van der Waals surface area contributed by atoms with E-state index in [1.807, 2.05) is 24.9 Å². The normalized spacial score (nSPS) is 12.1. The van der Waals surface area contributed by atoms with Gasteiger partial charge in [-0.1, -0.05) is 18.2 Å². The molecule has 0 aliphatic carbocycles. The summed E-state index contributed by atoms with van der Waals surface area (Å²) in [6.45, 7) is 2.48. The smallest absolute Gasteiger partial charge is 0.336 e. The van der Waals surface area contributed by atoms with E-state index in [4.69, 9.17) is 10.4 Å². The second kappa shape index (κ2) is 6.02. The van der Waals surface area contributed by atoms with E-state index in [1.54, 1.807) is 18.2 Å². The van der Waals surface area contributed by atoms with Crippen molar-refractivity contribution < 1.29 is 9.90 Å². The zero-order chi connectivity index (χ0) is 12.8. The van der Waals surface area contributed by atoms with Gasteiger partial charge >= 0.3 is 5.97 Å². The van der Waals surface area contributed by atoms with E-state index in [0.717, 1.165) is 5.56 Å². The van der Waals surface area contributed by atoms with Gasteiger partial charge in [0, 0.05) is 12.6 Å². The third-order valence-electron chi connectivity index (χ3n) is 2.81. The molecule has 0 aliphatic heterocycles. The molecule has 0 saturated carbocycles. The van der Waals surface area contributed by atoms with Gasteiger partial charge in [-0.3, -0.25) is 4.90 Å². The largest absolute Gasteiger partial charge is 0.478 e. The van der Waals surface area contributed by atoms with Gasteiger partial charge < -0.3 is 5.11 Å². The predicted molar refractivity (Wildman–Crippen MR) is 64.6 cm³/mol. The molecule has 1 atom stereocenters. The second-order valence-electron chi connectivity index (χ2n) is 4.09. The topological polar surface area (TPSA) is 64.3 Å². The Balaban J connectivity index is 2.81. The number of aromatic carboxylic acids is 1. The van der Waals surface area contributed by atoms with Gasteiger partial charge in [-0.05, 0) is 25.6 Å². The van der Waals surface area contributed by atoms with Gasteiger partial charge in [0.15, 0.2) is 0 Å². The van der Waals surface area contributed by atoms with Crippen LogP contribution in [0.4, 0.5) is 0 Å². The summed E-state index contributed by atoms with van der Waals surface area (Å²) in [5.74, 6) is -0.915. The number of carboxylic acid groups (broad SMARTS) is 1. The SMILES string of the molecule is CC(CC#N)N(C)Cc1ccccc1C(=O)O. The third kappa shape index (κ3) is 3.58. The standard InChI is InChI=1S/C13H16N2O2/c1-10(7-8-14)15(2)9-11-5-3-4-6-12(11)13(16)17/h3-6,10H,7,9H2,1-2H3,(H,16,17). The van der Waals surface area contributed by atoms with E-state index in [-0.39, 0.29) is 6.04 Å². The molecule has 0 heterocycles. The summed E-state index contributed by atoms with van der Waals surface area (Å²) < 4.78 is 0.